The van der Waals surface area contributed by atoms with Crippen molar-refractivity contribution >= 4 is 15.9 Å². The highest BCUT2D eigenvalue weighted by Gasteiger charge is 2.12. The maximum atomic E-state index is 6.03. The lowest BCUT2D eigenvalue weighted by molar-refractivity contribution is 0.413. The van der Waals surface area contributed by atoms with Crippen molar-refractivity contribution in [1.29, 1.82) is 0 Å². The maximum Gasteiger partial charge on any atom is 0.135 e. The molecular formula is C17H21BrN2O. The third-order valence-electron chi connectivity index (χ3n) is 2.91. The molecule has 0 unspecified atom stereocenters. The molecule has 0 aliphatic carbocycles. The molecule has 0 amide bonds. The lowest BCUT2D eigenvalue weighted by Crippen LogP contribution is -2.35. The number of nitrogens with one attached hydrogen (secondary N) is 1. The Kier molecular flexibility index (Phi) is 5.01. The van der Waals surface area contributed by atoms with Crippen LogP contribution in [0.25, 0.3) is 0 Å². The van der Waals surface area contributed by atoms with Crippen LogP contribution >= 0.6 is 15.9 Å². The molecule has 0 aliphatic rings. The Morgan fingerprint density at radius 1 is 1.24 bits per heavy atom. The van der Waals surface area contributed by atoms with Gasteiger partial charge in [-0.2, -0.15) is 0 Å². The Balaban J connectivity index is 2.23. The van der Waals surface area contributed by atoms with Crippen LogP contribution in [0.2, 0.25) is 0 Å². The second kappa shape index (κ2) is 6.58. The third-order valence-corrected chi connectivity index (χ3v) is 3.41. The van der Waals surface area contributed by atoms with E-state index < -0.39 is 0 Å². The minimum Gasteiger partial charge on any atom is -0.457 e. The van der Waals surface area contributed by atoms with Crippen LogP contribution in [0.1, 0.15) is 32.0 Å². The Bertz CT molecular complexity index is 620. The van der Waals surface area contributed by atoms with Gasteiger partial charge in [-0.15, -0.1) is 0 Å². The molecule has 0 saturated carbocycles. The van der Waals surface area contributed by atoms with Gasteiger partial charge in [-0.05, 0) is 45.9 Å². The number of rotatable bonds is 4. The molecule has 4 heteroatoms. The summed E-state index contributed by atoms with van der Waals surface area (Å²) in [6.07, 6.45) is 1.88. The minimum absolute atomic E-state index is 0.0535. The molecule has 112 valence electrons. The topological polar surface area (TPSA) is 34.1 Å². The monoisotopic (exact) mass is 348 g/mol. The van der Waals surface area contributed by atoms with E-state index in [-0.39, 0.29) is 5.54 Å². The Morgan fingerprint density at radius 2 is 2.00 bits per heavy atom. The van der Waals surface area contributed by atoms with Crippen LogP contribution < -0.4 is 10.1 Å². The van der Waals surface area contributed by atoms with Crippen molar-refractivity contribution in [3.63, 3.8) is 0 Å². The van der Waals surface area contributed by atoms with Gasteiger partial charge in [0, 0.05) is 40.1 Å². The summed E-state index contributed by atoms with van der Waals surface area (Å²) in [7, 11) is 0. The quantitative estimate of drug-likeness (QED) is 0.858. The summed E-state index contributed by atoms with van der Waals surface area (Å²) in [6.45, 7) is 9.12. The van der Waals surface area contributed by atoms with E-state index in [0.29, 0.717) is 0 Å². The van der Waals surface area contributed by atoms with Crippen LogP contribution in [0.15, 0.2) is 41.0 Å². The van der Waals surface area contributed by atoms with Crippen molar-refractivity contribution in [2.75, 3.05) is 0 Å². The second-order valence-corrected chi connectivity index (χ2v) is 7.01. The highest BCUT2D eigenvalue weighted by atomic mass is 79.9. The fourth-order valence-electron chi connectivity index (χ4n) is 1.81. The number of aromatic nitrogens is 1. The zero-order chi connectivity index (χ0) is 15.5. The van der Waals surface area contributed by atoms with E-state index in [2.05, 4.69) is 47.0 Å². The largest absolute Gasteiger partial charge is 0.457 e. The van der Waals surface area contributed by atoms with E-state index in [1.807, 2.05) is 43.5 Å². The predicted octanol–water partition coefficient (Wildman–Crippen LogP) is 4.83. The van der Waals surface area contributed by atoms with Gasteiger partial charge < -0.3 is 10.1 Å². The van der Waals surface area contributed by atoms with Crippen LogP contribution in [0.4, 0.5) is 0 Å². The van der Waals surface area contributed by atoms with Crippen molar-refractivity contribution in [3.8, 4) is 11.5 Å². The molecule has 2 aromatic rings. The summed E-state index contributed by atoms with van der Waals surface area (Å²) >= 11 is 3.46. The summed E-state index contributed by atoms with van der Waals surface area (Å²) in [4.78, 5) is 4.37. The minimum atomic E-state index is 0.0535. The Hall–Kier alpha value is -1.39. The Morgan fingerprint density at radius 3 is 2.67 bits per heavy atom. The maximum absolute atomic E-state index is 6.03. The number of hydrogen-bond acceptors (Lipinski definition) is 3. The standard InChI is InChI=1S/C17H21BrN2O/c1-12-8-16(21-15-7-5-6-14(18)9-15)13(10-19-12)11-20-17(2,3)4/h5-10,20H,11H2,1-4H3. The van der Waals surface area contributed by atoms with Gasteiger partial charge in [0.25, 0.3) is 0 Å². The molecule has 0 spiro atoms. The van der Waals surface area contributed by atoms with Gasteiger partial charge >= 0.3 is 0 Å². The molecule has 1 aromatic heterocycles. The van der Waals surface area contributed by atoms with Crippen LogP contribution in [0.5, 0.6) is 11.5 Å². The molecule has 3 nitrogen and oxygen atoms in total. The van der Waals surface area contributed by atoms with E-state index in [0.717, 1.165) is 33.8 Å². The number of ether oxygens (including phenoxy) is 1. The molecule has 0 fully saturated rings. The van der Waals surface area contributed by atoms with E-state index in [4.69, 9.17) is 4.74 Å². The van der Waals surface area contributed by atoms with Gasteiger partial charge in [-0.25, -0.2) is 0 Å². The zero-order valence-electron chi connectivity index (χ0n) is 12.9. The highest BCUT2D eigenvalue weighted by molar-refractivity contribution is 9.10. The molecule has 21 heavy (non-hydrogen) atoms. The van der Waals surface area contributed by atoms with Crippen LogP contribution in [-0.2, 0) is 6.54 Å². The zero-order valence-corrected chi connectivity index (χ0v) is 14.5. The smallest absolute Gasteiger partial charge is 0.135 e. The first kappa shape index (κ1) is 16.0. The summed E-state index contributed by atoms with van der Waals surface area (Å²) in [6, 6.07) is 9.81. The fraction of sp³-hybridized carbons (Fsp3) is 0.353. The molecule has 0 bridgehead atoms. The van der Waals surface area contributed by atoms with Crippen LogP contribution in [0, 0.1) is 6.92 Å². The van der Waals surface area contributed by atoms with Crippen LogP contribution in [-0.4, -0.2) is 10.5 Å². The molecule has 0 atom stereocenters. The van der Waals surface area contributed by atoms with E-state index in [9.17, 15) is 0 Å². The van der Waals surface area contributed by atoms with Gasteiger partial charge in [0.15, 0.2) is 0 Å². The van der Waals surface area contributed by atoms with Crippen molar-refractivity contribution in [2.24, 2.45) is 0 Å². The average molecular weight is 349 g/mol. The normalized spacial score (nSPS) is 11.5. The number of pyridine rings is 1. The molecule has 0 radical (unpaired) electrons. The van der Waals surface area contributed by atoms with Crippen molar-refractivity contribution < 1.29 is 4.74 Å². The summed E-state index contributed by atoms with van der Waals surface area (Å²) in [5, 5.41) is 3.47. The lowest BCUT2D eigenvalue weighted by atomic mass is 10.1. The van der Waals surface area contributed by atoms with Crippen molar-refractivity contribution in [1.82, 2.24) is 10.3 Å². The summed E-state index contributed by atoms with van der Waals surface area (Å²) in [5.74, 6) is 1.66. The number of halogens is 1. The van der Waals surface area contributed by atoms with Crippen LogP contribution in [0.3, 0.4) is 0 Å². The van der Waals surface area contributed by atoms with Gasteiger partial charge in [0.05, 0.1) is 0 Å². The molecule has 0 saturated heterocycles. The van der Waals surface area contributed by atoms with Crippen molar-refractivity contribution in [2.45, 2.75) is 39.8 Å². The van der Waals surface area contributed by atoms with E-state index >= 15 is 0 Å². The lowest BCUT2D eigenvalue weighted by Gasteiger charge is -2.21. The summed E-state index contributed by atoms with van der Waals surface area (Å²) in [5.41, 5.74) is 2.05. The molecule has 0 aliphatic heterocycles. The SMILES string of the molecule is Cc1cc(Oc2cccc(Br)c2)c(CNC(C)(C)C)cn1. The summed E-state index contributed by atoms with van der Waals surface area (Å²) < 4.78 is 7.03. The fourth-order valence-corrected chi connectivity index (χ4v) is 2.19. The molecular weight excluding hydrogens is 328 g/mol. The second-order valence-electron chi connectivity index (χ2n) is 6.10. The van der Waals surface area contributed by atoms with Gasteiger partial charge in [0.2, 0.25) is 0 Å². The van der Waals surface area contributed by atoms with E-state index in [1.165, 1.54) is 0 Å². The highest BCUT2D eigenvalue weighted by Crippen LogP contribution is 2.27. The van der Waals surface area contributed by atoms with Crippen molar-refractivity contribution in [3.05, 3.63) is 52.3 Å². The van der Waals surface area contributed by atoms with Gasteiger partial charge in [-0.1, -0.05) is 22.0 Å². The third kappa shape index (κ3) is 5.14. The first-order valence-electron chi connectivity index (χ1n) is 6.97. The van der Waals surface area contributed by atoms with Gasteiger partial charge in [0.1, 0.15) is 11.5 Å². The molecule has 1 N–H and O–H groups in total. The molecule has 1 aromatic carbocycles. The average Bonchev–Trinajstić information content (AvgIpc) is 2.36. The van der Waals surface area contributed by atoms with Gasteiger partial charge in [-0.3, -0.25) is 4.98 Å². The van der Waals surface area contributed by atoms with E-state index in [1.54, 1.807) is 0 Å². The Labute approximate surface area is 134 Å². The predicted molar refractivity (Wildman–Crippen MR) is 89.8 cm³/mol. The molecule has 1 heterocycles. The first-order valence-corrected chi connectivity index (χ1v) is 7.77. The first-order chi connectivity index (χ1) is 9.83. The number of hydrogen-bond donors (Lipinski definition) is 1. The number of nitrogens with zero attached hydrogens (tertiary/aromatic N) is 1. The number of aryl methyl sites for hydroxylation is 1. The number of benzene rings is 1. The molecule has 2 rings (SSSR count).